The van der Waals surface area contributed by atoms with Gasteiger partial charge in [-0.3, -0.25) is 0 Å². The number of ether oxygens (including phenoxy) is 2. The first-order chi connectivity index (χ1) is 7.14. The van der Waals surface area contributed by atoms with Crippen LogP contribution in [0.4, 0.5) is 8.78 Å². The second-order valence-corrected chi connectivity index (χ2v) is 3.66. The molecule has 15 heavy (non-hydrogen) atoms. The summed E-state index contributed by atoms with van der Waals surface area (Å²) < 4.78 is 34.3. The van der Waals surface area contributed by atoms with E-state index in [1.807, 2.05) is 0 Å². The van der Waals surface area contributed by atoms with Crippen molar-refractivity contribution < 1.29 is 18.3 Å². The lowest BCUT2D eigenvalue weighted by Crippen LogP contribution is -2.25. The van der Waals surface area contributed by atoms with Gasteiger partial charge in [0.15, 0.2) is 11.5 Å². The van der Waals surface area contributed by atoms with E-state index in [2.05, 4.69) is 14.8 Å². The second-order valence-electron chi connectivity index (χ2n) is 3.66. The normalized spacial score (nSPS) is 21.2. The predicted molar refractivity (Wildman–Crippen MR) is 48.1 cm³/mol. The monoisotopic (exact) mass is 213 g/mol. The van der Waals surface area contributed by atoms with Crippen molar-refractivity contribution in [3.05, 3.63) is 23.3 Å². The van der Waals surface area contributed by atoms with Gasteiger partial charge in [0.25, 0.3) is 0 Å². The van der Waals surface area contributed by atoms with Gasteiger partial charge in [0, 0.05) is 6.54 Å². The Labute approximate surface area is 85.0 Å². The lowest BCUT2D eigenvalue weighted by molar-refractivity contribution is -0.286. The maximum absolute atomic E-state index is 12.8. The average molecular weight is 213 g/mol. The summed E-state index contributed by atoms with van der Waals surface area (Å²) in [6.07, 6.45) is -2.68. The molecule has 5 heteroatoms. The number of fused-ring (bicyclic) bond motifs is 2. The second kappa shape index (κ2) is 2.82. The molecule has 0 bridgehead atoms. The third-order valence-electron chi connectivity index (χ3n) is 2.61. The number of hydrogen-bond donors (Lipinski definition) is 1. The van der Waals surface area contributed by atoms with Crippen molar-refractivity contribution in [2.75, 3.05) is 6.54 Å². The van der Waals surface area contributed by atoms with Crippen molar-refractivity contribution in [2.24, 2.45) is 0 Å². The van der Waals surface area contributed by atoms with Crippen LogP contribution in [0.5, 0.6) is 11.5 Å². The molecule has 0 saturated heterocycles. The fraction of sp³-hybridized carbons (Fsp3) is 0.400. The van der Waals surface area contributed by atoms with E-state index >= 15 is 0 Å². The highest BCUT2D eigenvalue weighted by molar-refractivity contribution is 5.49. The van der Waals surface area contributed by atoms with Gasteiger partial charge in [-0.1, -0.05) is 0 Å². The van der Waals surface area contributed by atoms with Crippen molar-refractivity contribution in [1.82, 2.24) is 5.32 Å². The molecule has 0 spiro atoms. The Morgan fingerprint density at radius 2 is 1.80 bits per heavy atom. The molecule has 1 aromatic rings. The van der Waals surface area contributed by atoms with Gasteiger partial charge in [0.2, 0.25) is 0 Å². The maximum atomic E-state index is 12.8. The molecule has 2 aliphatic rings. The van der Waals surface area contributed by atoms with Gasteiger partial charge in [-0.25, -0.2) is 0 Å². The van der Waals surface area contributed by atoms with Gasteiger partial charge in [-0.2, -0.15) is 0 Å². The molecule has 0 unspecified atom stereocenters. The quantitative estimate of drug-likeness (QED) is 0.710. The van der Waals surface area contributed by atoms with Gasteiger partial charge in [0.05, 0.1) is 0 Å². The van der Waals surface area contributed by atoms with Crippen molar-refractivity contribution in [3.8, 4) is 11.5 Å². The molecule has 3 nitrogen and oxygen atoms in total. The van der Waals surface area contributed by atoms with Crippen LogP contribution in [0.3, 0.4) is 0 Å². The van der Waals surface area contributed by atoms with E-state index in [9.17, 15) is 8.78 Å². The van der Waals surface area contributed by atoms with Gasteiger partial charge in [-0.15, -0.1) is 8.78 Å². The van der Waals surface area contributed by atoms with Crippen LogP contribution in [-0.4, -0.2) is 12.8 Å². The van der Waals surface area contributed by atoms with E-state index in [0.29, 0.717) is 6.54 Å². The van der Waals surface area contributed by atoms with Crippen molar-refractivity contribution >= 4 is 0 Å². The van der Waals surface area contributed by atoms with Gasteiger partial charge in [0.1, 0.15) is 0 Å². The Morgan fingerprint density at radius 3 is 2.53 bits per heavy atom. The summed E-state index contributed by atoms with van der Waals surface area (Å²) in [5, 5.41) is 3.17. The van der Waals surface area contributed by atoms with Gasteiger partial charge >= 0.3 is 6.29 Å². The topological polar surface area (TPSA) is 30.5 Å². The summed E-state index contributed by atoms with van der Waals surface area (Å²) in [6, 6.07) is 3.27. The van der Waals surface area contributed by atoms with Gasteiger partial charge < -0.3 is 14.8 Å². The van der Waals surface area contributed by atoms with E-state index in [4.69, 9.17) is 0 Å². The van der Waals surface area contributed by atoms with Crippen LogP contribution in [0, 0.1) is 0 Å². The molecule has 0 saturated carbocycles. The zero-order valence-corrected chi connectivity index (χ0v) is 7.85. The summed E-state index contributed by atoms with van der Waals surface area (Å²) in [6.45, 7) is 1.56. The summed E-state index contributed by atoms with van der Waals surface area (Å²) in [4.78, 5) is 0. The highest BCUT2D eigenvalue weighted by atomic mass is 19.3. The smallest absolute Gasteiger partial charge is 0.395 e. The molecule has 0 radical (unpaired) electrons. The fourth-order valence-corrected chi connectivity index (χ4v) is 1.92. The third-order valence-corrected chi connectivity index (χ3v) is 2.61. The molecule has 80 valence electrons. The van der Waals surface area contributed by atoms with Crippen molar-refractivity contribution in [1.29, 1.82) is 0 Å². The Morgan fingerprint density at radius 1 is 1.13 bits per heavy atom. The first-order valence-electron chi connectivity index (χ1n) is 4.76. The minimum atomic E-state index is -3.51. The molecule has 0 fully saturated rings. The Kier molecular flexibility index (Phi) is 1.68. The summed E-state index contributed by atoms with van der Waals surface area (Å²) >= 11 is 0. The van der Waals surface area contributed by atoms with E-state index in [1.165, 1.54) is 0 Å². The predicted octanol–water partition coefficient (Wildman–Crippen LogP) is 1.65. The summed E-state index contributed by atoms with van der Waals surface area (Å²) in [7, 11) is 0. The first kappa shape index (κ1) is 8.91. The van der Waals surface area contributed by atoms with Crippen LogP contribution in [0.1, 0.15) is 11.1 Å². The van der Waals surface area contributed by atoms with Crippen LogP contribution >= 0.6 is 0 Å². The molecule has 0 aromatic heterocycles. The number of hydrogen-bond acceptors (Lipinski definition) is 3. The first-order valence-corrected chi connectivity index (χ1v) is 4.76. The van der Waals surface area contributed by atoms with Crippen LogP contribution < -0.4 is 14.8 Å². The molecule has 1 aromatic carbocycles. The highest BCUT2D eigenvalue weighted by Gasteiger charge is 2.43. The molecule has 2 aliphatic heterocycles. The number of rotatable bonds is 0. The molecule has 2 heterocycles. The van der Waals surface area contributed by atoms with E-state index in [-0.39, 0.29) is 11.5 Å². The fourth-order valence-electron chi connectivity index (χ4n) is 1.92. The average Bonchev–Trinajstić information content (AvgIpc) is 2.46. The van der Waals surface area contributed by atoms with E-state index in [1.54, 1.807) is 12.1 Å². The molecule has 3 rings (SSSR count). The van der Waals surface area contributed by atoms with Gasteiger partial charge in [-0.05, 0) is 36.2 Å². The Bertz CT molecular complexity index is 383. The van der Waals surface area contributed by atoms with Crippen LogP contribution in [-0.2, 0) is 13.0 Å². The molecule has 0 aliphatic carbocycles. The third kappa shape index (κ3) is 1.43. The van der Waals surface area contributed by atoms with Crippen LogP contribution in [0.2, 0.25) is 0 Å². The number of benzene rings is 1. The summed E-state index contributed by atoms with van der Waals surface area (Å²) in [5.41, 5.74) is 2.05. The maximum Gasteiger partial charge on any atom is 0.586 e. The number of nitrogens with one attached hydrogen (secondary N) is 1. The van der Waals surface area contributed by atoms with Crippen LogP contribution in [0.25, 0.3) is 0 Å². The lowest BCUT2D eigenvalue weighted by atomic mass is 10.0. The van der Waals surface area contributed by atoms with Crippen LogP contribution in [0.15, 0.2) is 12.1 Å². The lowest BCUT2D eigenvalue weighted by Gasteiger charge is -2.16. The minimum absolute atomic E-state index is 0.127. The largest absolute Gasteiger partial charge is 0.586 e. The SMILES string of the molecule is FC1(F)Oc2cc3c(cc2O1)CNCC3. The minimum Gasteiger partial charge on any atom is -0.395 e. The standard InChI is InChI=1S/C10H9F2NO2/c11-10(12)14-8-3-6-1-2-13-5-7(6)4-9(8)15-10/h3-4,13H,1-2,5H2. The summed E-state index contributed by atoms with van der Waals surface area (Å²) in [5.74, 6) is 0.267. The zero-order chi connectivity index (χ0) is 10.5. The van der Waals surface area contributed by atoms with Crippen molar-refractivity contribution in [3.63, 3.8) is 0 Å². The Balaban J connectivity index is 2.05. The van der Waals surface area contributed by atoms with E-state index in [0.717, 1.165) is 24.1 Å². The molecule has 0 atom stereocenters. The van der Waals surface area contributed by atoms with E-state index < -0.39 is 6.29 Å². The Hall–Kier alpha value is -1.36. The molecule has 0 amide bonds. The highest BCUT2D eigenvalue weighted by Crippen LogP contribution is 2.42. The zero-order valence-electron chi connectivity index (χ0n) is 7.85. The number of alkyl halides is 2. The van der Waals surface area contributed by atoms with Crippen molar-refractivity contribution in [2.45, 2.75) is 19.3 Å². The molecular weight excluding hydrogens is 204 g/mol. The molecule has 1 N–H and O–H groups in total. The molecular formula is C10H9F2NO2. The number of halogens is 2.